The number of H-pyrrole nitrogens is 1. The third kappa shape index (κ3) is 2.85. The van der Waals surface area contributed by atoms with Gasteiger partial charge in [-0.3, -0.25) is 14.8 Å². The monoisotopic (exact) mass is 329 g/mol. The highest BCUT2D eigenvalue weighted by molar-refractivity contribution is 5.92. The minimum Gasteiger partial charge on any atom is -0.325 e. The molecule has 0 saturated heterocycles. The average Bonchev–Trinajstić information content (AvgIpc) is 2.64. The molecule has 0 spiro atoms. The highest BCUT2D eigenvalue weighted by atomic mass is 16.1. The van der Waals surface area contributed by atoms with E-state index in [0.717, 1.165) is 22.4 Å². The molecule has 4 rings (SSSR count). The van der Waals surface area contributed by atoms with Crippen molar-refractivity contribution in [2.75, 3.05) is 5.32 Å². The van der Waals surface area contributed by atoms with Crippen molar-refractivity contribution < 1.29 is 0 Å². The van der Waals surface area contributed by atoms with E-state index in [2.05, 4.69) is 25.3 Å². The van der Waals surface area contributed by atoms with Gasteiger partial charge in [-0.1, -0.05) is 24.3 Å². The Balaban J connectivity index is 1.84. The highest BCUT2D eigenvalue weighted by Gasteiger charge is 2.12. The molecule has 0 amide bonds. The molecule has 6 heteroatoms. The van der Waals surface area contributed by atoms with E-state index in [1.165, 1.54) is 0 Å². The second kappa shape index (κ2) is 6.16. The van der Waals surface area contributed by atoms with Crippen LogP contribution in [0.1, 0.15) is 5.56 Å². The van der Waals surface area contributed by atoms with Gasteiger partial charge < -0.3 is 5.32 Å². The molecule has 0 aliphatic carbocycles. The minimum atomic E-state index is -0.243. The van der Waals surface area contributed by atoms with Gasteiger partial charge in [0.2, 0.25) is 5.95 Å². The number of para-hydroxylation sites is 1. The van der Waals surface area contributed by atoms with E-state index in [-0.39, 0.29) is 5.56 Å². The van der Waals surface area contributed by atoms with Gasteiger partial charge in [0, 0.05) is 35.4 Å². The topological polar surface area (TPSA) is 83.6 Å². The number of rotatable bonds is 3. The van der Waals surface area contributed by atoms with Gasteiger partial charge in [-0.05, 0) is 30.7 Å². The molecule has 0 aliphatic heterocycles. The van der Waals surface area contributed by atoms with Crippen molar-refractivity contribution in [3.05, 3.63) is 77.0 Å². The SMILES string of the molecule is Cc1ccccc1Nc1nc2nccc(-c3cccnc3)c2c(=O)[nH]1. The van der Waals surface area contributed by atoms with Crippen LogP contribution in [0, 0.1) is 6.92 Å². The van der Waals surface area contributed by atoms with E-state index in [9.17, 15) is 4.79 Å². The van der Waals surface area contributed by atoms with Crippen molar-refractivity contribution in [1.82, 2.24) is 19.9 Å². The zero-order chi connectivity index (χ0) is 17.2. The summed E-state index contributed by atoms with van der Waals surface area (Å²) in [6.45, 7) is 1.99. The summed E-state index contributed by atoms with van der Waals surface area (Å²) in [5, 5.41) is 3.60. The Morgan fingerprint density at radius 3 is 2.72 bits per heavy atom. The van der Waals surface area contributed by atoms with E-state index >= 15 is 0 Å². The Morgan fingerprint density at radius 1 is 1.04 bits per heavy atom. The molecule has 0 atom stereocenters. The number of nitrogens with zero attached hydrogens (tertiary/aromatic N) is 3. The van der Waals surface area contributed by atoms with Gasteiger partial charge in [0.25, 0.3) is 5.56 Å². The number of aromatic amines is 1. The van der Waals surface area contributed by atoms with Crippen LogP contribution in [0.5, 0.6) is 0 Å². The van der Waals surface area contributed by atoms with Gasteiger partial charge >= 0.3 is 0 Å². The number of pyridine rings is 2. The van der Waals surface area contributed by atoms with Crippen LogP contribution in [0.15, 0.2) is 65.8 Å². The van der Waals surface area contributed by atoms with Crippen molar-refractivity contribution >= 4 is 22.7 Å². The standard InChI is InChI=1S/C19H15N5O/c1-12-5-2-3-7-15(12)22-19-23-17-16(18(25)24-19)14(8-10-21-17)13-6-4-9-20-11-13/h2-11H,1H3,(H2,21,22,23,24,25). The molecular weight excluding hydrogens is 314 g/mol. The predicted octanol–water partition coefficient (Wildman–Crippen LogP) is 3.43. The maximum Gasteiger partial charge on any atom is 0.262 e. The molecule has 4 aromatic rings. The van der Waals surface area contributed by atoms with Crippen molar-refractivity contribution in [3.63, 3.8) is 0 Å². The summed E-state index contributed by atoms with van der Waals surface area (Å²) in [6.07, 6.45) is 5.06. The molecular formula is C19H15N5O. The van der Waals surface area contributed by atoms with Crippen molar-refractivity contribution in [2.24, 2.45) is 0 Å². The minimum absolute atomic E-state index is 0.243. The van der Waals surface area contributed by atoms with Crippen LogP contribution < -0.4 is 10.9 Å². The lowest BCUT2D eigenvalue weighted by atomic mass is 10.1. The molecule has 1 aromatic carbocycles. The summed E-state index contributed by atoms with van der Waals surface area (Å²) in [5.41, 5.74) is 3.70. The zero-order valence-electron chi connectivity index (χ0n) is 13.5. The Hall–Kier alpha value is -3.54. The molecule has 0 saturated carbocycles. The maximum atomic E-state index is 12.7. The van der Waals surface area contributed by atoms with E-state index in [1.807, 2.05) is 43.3 Å². The summed E-state index contributed by atoms with van der Waals surface area (Å²) in [6, 6.07) is 13.3. The normalized spacial score (nSPS) is 10.8. The van der Waals surface area contributed by atoms with Gasteiger partial charge in [-0.2, -0.15) is 4.98 Å². The van der Waals surface area contributed by atoms with Crippen LogP contribution in [0.4, 0.5) is 11.6 Å². The molecule has 0 unspecified atom stereocenters. The van der Waals surface area contributed by atoms with Crippen molar-refractivity contribution in [3.8, 4) is 11.1 Å². The molecule has 0 aliphatic rings. The number of hydrogen-bond donors (Lipinski definition) is 2. The summed E-state index contributed by atoms with van der Waals surface area (Å²) >= 11 is 0. The third-order valence-electron chi connectivity index (χ3n) is 3.98. The molecule has 0 bridgehead atoms. The maximum absolute atomic E-state index is 12.7. The molecule has 3 aromatic heterocycles. The lowest BCUT2D eigenvalue weighted by molar-refractivity contribution is 1.14. The fourth-order valence-electron chi connectivity index (χ4n) is 2.73. The number of fused-ring (bicyclic) bond motifs is 1. The van der Waals surface area contributed by atoms with E-state index in [4.69, 9.17) is 0 Å². The smallest absolute Gasteiger partial charge is 0.262 e. The average molecular weight is 329 g/mol. The summed E-state index contributed by atoms with van der Waals surface area (Å²) in [7, 11) is 0. The van der Waals surface area contributed by atoms with Crippen molar-refractivity contribution in [2.45, 2.75) is 6.92 Å². The van der Waals surface area contributed by atoms with Gasteiger partial charge in [0.15, 0.2) is 5.65 Å². The highest BCUT2D eigenvalue weighted by Crippen LogP contribution is 2.24. The number of anilines is 2. The molecule has 3 heterocycles. The van der Waals surface area contributed by atoms with Crippen molar-refractivity contribution in [1.29, 1.82) is 0 Å². The van der Waals surface area contributed by atoms with Crippen LogP contribution in [0.25, 0.3) is 22.2 Å². The molecule has 25 heavy (non-hydrogen) atoms. The van der Waals surface area contributed by atoms with Crippen LogP contribution in [-0.4, -0.2) is 19.9 Å². The number of nitrogens with one attached hydrogen (secondary N) is 2. The Labute approximate surface area is 143 Å². The van der Waals surface area contributed by atoms with Crippen LogP contribution in [-0.2, 0) is 0 Å². The van der Waals surface area contributed by atoms with Crippen LogP contribution in [0.3, 0.4) is 0 Å². The molecule has 0 fully saturated rings. The van der Waals surface area contributed by atoms with Gasteiger partial charge in [0.05, 0.1) is 5.39 Å². The zero-order valence-corrected chi connectivity index (χ0v) is 13.5. The second-order valence-electron chi connectivity index (χ2n) is 5.65. The third-order valence-corrected chi connectivity index (χ3v) is 3.98. The predicted molar refractivity (Wildman–Crippen MR) is 97.9 cm³/mol. The van der Waals surface area contributed by atoms with E-state index in [1.54, 1.807) is 24.7 Å². The Morgan fingerprint density at radius 2 is 1.92 bits per heavy atom. The van der Waals surface area contributed by atoms with Gasteiger partial charge in [-0.25, -0.2) is 4.98 Å². The van der Waals surface area contributed by atoms with E-state index in [0.29, 0.717) is 17.0 Å². The van der Waals surface area contributed by atoms with Crippen LogP contribution in [0.2, 0.25) is 0 Å². The fraction of sp³-hybridized carbons (Fsp3) is 0.0526. The number of hydrogen-bond acceptors (Lipinski definition) is 5. The first kappa shape index (κ1) is 15.0. The summed E-state index contributed by atoms with van der Waals surface area (Å²) in [4.78, 5) is 28.3. The number of aryl methyl sites for hydroxylation is 1. The lowest BCUT2D eigenvalue weighted by Gasteiger charge is -2.10. The molecule has 6 nitrogen and oxygen atoms in total. The molecule has 0 radical (unpaired) electrons. The fourth-order valence-corrected chi connectivity index (χ4v) is 2.73. The first-order chi connectivity index (χ1) is 12.2. The number of benzene rings is 1. The molecule has 2 N–H and O–H groups in total. The first-order valence-corrected chi connectivity index (χ1v) is 7.84. The van der Waals surface area contributed by atoms with Gasteiger partial charge in [-0.15, -0.1) is 0 Å². The summed E-state index contributed by atoms with van der Waals surface area (Å²) in [5.74, 6) is 0.364. The lowest BCUT2D eigenvalue weighted by Crippen LogP contribution is -2.13. The quantitative estimate of drug-likeness (QED) is 0.601. The second-order valence-corrected chi connectivity index (χ2v) is 5.65. The summed E-state index contributed by atoms with van der Waals surface area (Å²) < 4.78 is 0. The van der Waals surface area contributed by atoms with Crippen LogP contribution >= 0.6 is 0 Å². The number of aromatic nitrogens is 4. The largest absolute Gasteiger partial charge is 0.325 e. The molecule has 122 valence electrons. The Bertz CT molecular complexity index is 1110. The van der Waals surface area contributed by atoms with Gasteiger partial charge in [0.1, 0.15) is 0 Å². The first-order valence-electron chi connectivity index (χ1n) is 7.84. The van der Waals surface area contributed by atoms with E-state index < -0.39 is 0 Å². The Kier molecular flexibility index (Phi) is 3.70.